The van der Waals surface area contributed by atoms with Crippen LogP contribution in [0, 0.1) is 0 Å². The predicted molar refractivity (Wildman–Crippen MR) is 79.4 cm³/mol. The third-order valence-electron chi connectivity index (χ3n) is 3.20. The van der Waals surface area contributed by atoms with Crippen LogP contribution in [0.25, 0.3) is 10.9 Å². The van der Waals surface area contributed by atoms with Crippen molar-refractivity contribution < 1.29 is 4.74 Å². The Kier molecular flexibility index (Phi) is 4.71. The van der Waals surface area contributed by atoms with E-state index in [-0.39, 0.29) is 0 Å². The summed E-state index contributed by atoms with van der Waals surface area (Å²) in [6.45, 7) is 4.80. The van der Waals surface area contributed by atoms with Crippen molar-refractivity contribution in [2.45, 2.75) is 13.5 Å². The van der Waals surface area contributed by atoms with Crippen molar-refractivity contribution in [1.82, 2.24) is 4.98 Å². The van der Waals surface area contributed by atoms with Gasteiger partial charge >= 0.3 is 0 Å². The van der Waals surface area contributed by atoms with E-state index < -0.39 is 0 Å². The minimum atomic E-state index is 0.492. The Morgan fingerprint density at radius 2 is 2.11 bits per heavy atom. The Hall–Kier alpha value is -1.65. The normalized spacial score (nSPS) is 10.9. The van der Waals surface area contributed by atoms with Crippen LogP contribution in [0.1, 0.15) is 12.5 Å². The molecule has 0 aliphatic carbocycles. The van der Waals surface area contributed by atoms with E-state index in [2.05, 4.69) is 23.0 Å². The van der Waals surface area contributed by atoms with E-state index in [1.54, 1.807) is 0 Å². The summed E-state index contributed by atoms with van der Waals surface area (Å²) in [6, 6.07) is 8.15. The number of rotatable bonds is 6. The molecule has 4 nitrogen and oxygen atoms in total. The van der Waals surface area contributed by atoms with Gasteiger partial charge in [0.1, 0.15) is 0 Å². The van der Waals surface area contributed by atoms with Gasteiger partial charge in [0, 0.05) is 43.9 Å². The topological polar surface area (TPSA) is 51.4 Å². The quantitative estimate of drug-likeness (QED) is 0.808. The summed E-state index contributed by atoms with van der Waals surface area (Å²) in [7, 11) is 2.07. The maximum atomic E-state index is 5.84. The fraction of sp³-hybridized carbons (Fsp3) is 0.400. The maximum absolute atomic E-state index is 5.84. The number of fused-ring (bicyclic) bond motifs is 1. The van der Waals surface area contributed by atoms with E-state index in [9.17, 15) is 0 Å². The average molecular weight is 259 g/mol. The number of aromatic nitrogens is 1. The molecule has 2 N–H and O–H groups in total. The molecule has 0 unspecified atom stereocenters. The third kappa shape index (κ3) is 3.03. The van der Waals surface area contributed by atoms with E-state index in [0.717, 1.165) is 35.3 Å². The average Bonchev–Trinajstić information content (AvgIpc) is 2.46. The van der Waals surface area contributed by atoms with Crippen LogP contribution in [-0.2, 0) is 11.3 Å². The number of pyridine rings is 1. The molecule has 0 amide bonds. The van der Waals surface area contributed by atoms with Crippen LogP contribution in [0.15, 0.2) is 30.5 Å². The highest BCUT2D eigenvalue weighted by atomic mass is 16.5. The van der Waals surface area contributed by atoms with Gasteiger partial charge in [0.15, 0.2) is 0 Å². The van der Waals surface area contributed by atoms with Crippen LogP contribution in [0.5, 0.6) is 0 Å². The molecule has 0 spiro atoms. The lowest BCUT2D eigenvalue weighted by Crippen LogP contribution is -2.24. The number of hydrogen-bond acceptors (Lipinski definition) is 4. The lowest BCUT2D eigenvalue weighted by Gasteiger charge is -2.23. The molecule has 102 valence electrons. The number of likely N-dealkylation sites (N-methyl/N-ethyl adjacent to an activating group) is 1. The molecule has 2 rings (SSSR count). The van der Waals surface area contributed by atoms with Gasteiger partial charge in [-0.2, -0.15) is 0 Å². The first-order valence-electron chi connectivity index (χ1n) is 6.63. The van der Waals surface area contributed by atoms with Gasteiger partial charge in [0.05, 0.1) is 17.8 Å². The second-order valence-corrected chi connectivity index (χ2v) is 4.47. The van der Waals surface area contributed by atoms with Crippen LogP contribution in [0.2, 0.25) is 0 Å². The standard InChI is InChI=1S/C15H21N3O/c1-3-19-9-8-18(2)15-12(10-16)11-17-14-7-5-4-6-13(14)15/h4-7,11H,3,8-10,16H2,1-2H3. The van der Waals surface area contributed by atoms with Gasteiger partial charge < -0.3 is 15.4 Å². The van der Waals surface area contributed by atoms with Gasteiger partial charge in [-0.1, -0.05) is 18.2 Å². The monoisotopic (exact) mass is 259 g/mol. The first-order chi connectivity index (χ1) is 9.27. The highest BCUT2D eigenvalue weighted by molar-refractivity contribution is 5.93. The summed E-state index contributed by atoms with van der Waals surface area (Å²) in [4.78, 5) is 6.65. The number of hydrogen-bond donors (Lipinski definition) is 1. The largest absolute Gasteiger partial charge is 0.380 e. The van der Waals surface area contributed by atoms with Crippen LogP contribution >= 0.6 is 0 Å². The molecule has 0 atom stereocenters. The van der Waals surface area contributed by atoms with Gasteiger partial charge in [-0.25, -0.2) is 0 Å². The lowest BCUT2D eigenvalue weighted by molar-refractivity contribution is 0.154. The second kappa shape index (κ2) is 6.50. The molecule has 0 bridgehead atoms. The molecule has 0 radical (unpaired) electrons. The molecule has 0 aliphatic rings. The van der Waals surface area contributed by atoms with Gasteiger partial charge in [0.2, 0.25) is 0 Å². The SMILES string of the molecule is CCOCCN(C)c1c(CN)cnc2ccccc12. The summed E-state index contributed by atoms with van der Waals surface area (Å²) in [5.41, 5.74) is 9.06. The van der Waals surface area contributed by atoms with Gasteiger partial charge in [0.25, 0.3) is 0 Å². The number of nitrogens with two attached hydrogens (primary N) is 1. The first-order valence-corrected chi connectivity index (χ1v) is 6.63. The third-order valence-corrected chi connectivity index (χ3v) is 3.20. The molecule has 0 saturated carbocycles. The molecule has 1 heterocycles. The van der Waals surface area contributed by atoms with Crippen LogP contribution < -0.4 is 10.6 Å². The smallest absolute Gasteiger partial charge is 0.0723 e. The summed E-state index contributed by atoms with van der Waals surface area (Å²) >= 11 is 0. The number of ether oxygens (including phenoxy) is 1. The Morgan fingerprint density at radius 1 is 1.32 bits per heavy atom. The molecule has 4 heteroatoms. The summed E-state index contributed by atoms with van der Waals surface area (Å²) < 4.78 is 5.42. The van der Waals surface area contributed by atoms with Crippen LogP contribution in [0.3, 0.4) is 0 Å². The second-order valence-electron chi connectivity index (χ2n) is 4.47. The van der Waals surface area contributed by atoms with Crippen molar-refractivity contribution in [3.8, 4) is 0 Å². The Bertz CT molecular complexity index is 542. The fourth-order valence-corrected chi connectivity index (χ4v) is 2.23. The summed E-state index contributed by atoms with van der Waals surface area (Å²) in [5, 5.41) is 1.14. The van der Waals surface area contributed by atoms with Crippen LogP contribution in [0.4, 0.5) is 5.69 Å². The maximum Gasteiger partial charge on any atom is 0.0723 e. The molecule has 19 heavy (non-hydrogen) atoms. The highest BCUT2D eigenvalue weighted by Crippen LogP contribution is 2.28. The molecule has 0 fully saturated rings. The van der Waals surface area contributed by atoms with Crippen molar-refractivity contribution in [3.05, 3.63) is 36.0 Å². The van der Waals surface area contributed by atoms with E-state index in [1.807, 2.05) is 31.3 Å². The van der Waals surface area contributed by atoms with E-state index in [1.165, 1.54) is 0 Å². The minimum absolute atomic E-state index is 0.492. The zero-order chi connectivity index (χ0) is 13.7. The number of anilines is 1. The van der Waals surface area contributed by atoms with Crippen molar-refractivity contribution in [3.63, 3.8) is 0 Å². The number of nitrogens with zero attached hydrogens (tertiary/aromatic N) is 2. The predicted octanol–water partition coefficient (Wildman–Crippen LogP) is 2.17. The number of benzene rings is 1. The number of para-hydroxylation sites is 1. The Morgan fingerprint density at radius 3 is 2.84 bits per heavy atom. The van der Waals surface area contributed by atoms with E-state index in [4.69, 9.17) is 10.5 Å². The van der Waals surface area contributed by atoms with E-state index >= 15 is 0 Å². The molecule has 0 aliphatic heterocycles. The first kappa shape index (κ1) is 13.8. The fourth-order valence-electron chi connectivity index (χ4n) is 2.23. The van der Waals surface area contributed by atoms with Gasteiger partial charge in [-0.15, -0.1) is 0 Å². The van der Waals surface area contributed by atoms with Gasteiger partial charge in [-0.05, 0) is 13.0 Å². The van der Waals surface area contributed by atoms with Crippen LogP contribution in [-0.4, -0.2) is 31.8 Å². The van der Waals surface area contributed by atoms with Crippen molar-refractivity contribution >= 4 is 16.6 Å². The molecular formula is C15H21N3O. The Labute approximate surface area is 114 Å². The van der Waals surface area contributed by atoms with E-state index in [0.29, 0.717) is 13.2 Å². The van der Waals surface area contributed by atoms with Gasteiger partial charge in [-0.3, -0.25) is 4.98 Å². The molecule has 1 aromatic carbocycles. The molecule has 1 aromatic heterocycles. The van der Waals surface area contributed by atoms with Crippen molar-refractivity contribution in [2.75, 3.05) is 31.7 Å². The summed E-state index contributed by atoms with van der Waals surface area (Å²) in [6.07, 6.45) is 1.87. The molecule has 2 aromatic rings. The van der Waals surface area contributed by atoms with Crippen molar-refractivity contribution in [1.29, 1.82) is 0 Å². The van der Waals surface area contributed by atoms with Crippen molar-refractivity contribution in [2.24, 2.45) is 5.73 Å². The highest BCUT2D eigenvalue weighted by Gasteiger charge is 2.11. The zero-order valence-corrected chi connectivity index (χ0v) is 11.6. The summed E-state index contributed by atoms with van der Waals surface area (Å²) in [5.74, 6) is 0. The molecular weight excluding hydrogens is 238 g/mol. The minimum Gasteiger partial charge on any atom is -0.380 e. The zero-order valence-electron chi connectivity index (χ0n) is 11.6. The lowest BCUT2D eigenvalue weighted by atomic mass is 10.1. The molecule has 0 saturated heterocycles. The Balaban J connectivity index is 2.37.